The summed E-state index contributed by atoms with van der Waals surface area (Å²) in [7, 11) is -1.14. The molecule has 0 radical (unpaired) electrons. The van der Waals surface area contributed by atoms with Gasteiger partial charge in [0.15, 0.2) is 0 Å². The van der Waals surface area contributed by atoms with Gasteiger partial charge in [0.25, 0.3) is 5.97 Å². The first kappa shape index (κ1) is 35.1. The average molecular weight is 612 g/mol. The van der Waals surface area contributed by atoms with Gasteiger partial charge in [0, 0.05) is 26.3 Å². The quantitative estimate of drug-likeness (QED) is 0.156. The van der Waals surface area contributed by atoms with Crippen molar-refractivity contribution >= 4 is 7.60 Å². The fourth-order valence-electron chi connectivity index (χ4n) is 6.27. The highest BCUT2D eigenvalue weighted by atomic mass is 31.2. The van der Waals surface area contributed by atoms with E-state index in [4.69, 9.17) is 14.2 Å². The zero-order valence-corrected chi connectivity index (χ0v) is 27.3. The molecule has 3 aromatic carbocycles. The molecule has 236 valence electrons. The van der Waals surface area contributed by atoms with E-state index in [2.05, 4.69) is 20.8 Å². The minimum atomic E-state index is -4.31. The van der Waals surface area contributed by atoms with Crippen LogP contribution in [0.25, 0.3) is 0 Å². The van der Waals surface area contributed by atoms with Gasteiger partial charge in [0.05, 0.1) is 19.6 Å². The highest BCUT2D eigenvalue weighted by molar-refractivity contribution is 7.50. The first-order valence-electron chi connectivity index (χ1n) is 15.5. The van der Waals surface area contributed by atoms with Gasteiger partial charge in [-0.1, -0.05) is 91.0 Å². The minimum absolute atomic E-state index is 0.0943. The third kappa shape index (κ3) is 9.09. The number of methoxy groups -OCH3 is 2. The van der Waals surface area contributed by atoms with Gasteiger partial charge < -0.3 is 33.5 Å². The van der Waals surface area contributed by atoms with Gasteiger partial charge in [0.1, 0.15) is 13.2 Å². The number of hydrogen-bond acceptors (Lipinski definition) is 5. The van der Waals surface area contributed by atoms with E-state index >= 15 is 0 Å². The summed E-state index contributed by atoms with van der Waals surface area (Å²) in [6, 6.07) is 30.1. The van der Waals surface area contributed by atoms with Crippen molar-refractivity contribution in [1.82, 2.24) is 0 Å². The highest BCUT2D eigenvalue weighted by Crippen LogP contribution is 2.49. The fourth-order valence-corrected chi connectivity index (χ4v) is 7.28. The monoisotopic (exact) mass is 611 g/mol. The average Bonchev–Trinajstić information content (AvgIpc) is 3.04. The Bertz CT molecular complexity index is 1120. The van der Waals surface area contributed by atoms with Gasteiger partial charge in [-0.25, -0.2) is 0 Å². The molecule has 1 fully saturated rings. The lowest BCUT2D eigenvalue weighted by Crippen LogP contribution is -3.11. The molecule has 0 aromatic heterocycles. The summed E-state index contributed by atoms with van der Waals surface area (Å²) in [5, 5.41) is 0. The van der Waals surface area contributed by atoms with E-state index < -0.39 is 19.2 Å². The Hall–Kier alpha value is -2.35. The van der Waals surface area contributed by atoms with E-state index in [9.17, 15) is 14.4 Å². The molecule has 4 rings (SSSR count). The zero-order chi connectivity index (χ0) is 31.3. The van der Waals surface area contributed by atoms with Crippen LogP contribution in [-0.2, 0) is 24.4 Å². The van der Waals surface area contributed by atoms with Crippen molar-refractivity contribution < 1.29 is 33.5 Å². The van der Waals surface area contributed by atoms with Gasteiger partial charge in [-0.3, -0.25) is 0 Å². The Labute approximate surface area is 258 Å². The molecule has 3 aromatic rings. The van der Waals surface area contributed by atoms with Crippen molar-refractivity contribution in [3.63, 3.8) is 0 Å². The van der Waals surface area contributed by atoms with Crippen LogP contribution in [0.4, 0.5) is 0 Å². The van der Waals surface area contributed by atoms with Crippen molar-refractivity contribution in [2.24, 2.45) is 11.8 Å². The van der Waals surface area contributed by atoms with Crippen LogP contribution in [0.1, 0.15) is 63.1 Å². The van der Waals surface area contributed by atoms with Crippen molar-refractivity contribution in [3.05, 3.63) is 108 Å². The molecule has 0 bridgehead atoms. The van der Waals surface area contributed by atoms with Crippen LogP contribution in [-0.4, -0.2) is 50.9 Å². The lowest BCUT2D eigenvalue weighted by atomic mass is 9.78. The largest absolute Gasteiger partial charge is 0.779 e. The molecule has 0 heterocycles. The Morgan fingerprint density at radius 1 is 0.744 bits per heavy atom. The number of quaternary nitrogens is 1. The number of hydrogen-bond donors (Lipinski definition) is 2. The van der Waals surface area contributed by atoms with Gasteiger partial charge >= 0.3 is 0 Å². The molecule has 7 nitrogen and oxygen atoms in total. The molecular weight excluding hydrogens is 561 g/mol. The molecule has 0 saturated heterocycles. The third-order valence-electron chi connectivity index (χ3n) is 8.74. The van der Waals surface area contributed by atoms with Crippen LogP contribution in [0.2, 0.25) is 0 Å². The molecule has 2 N–H and O–H groups in total. The summed E-state index contributed by atoms with van der Waals surface area (Å²) in [6.07, 6.45) is 2.34. The van der Waals surface area contributed by atoms with Crippen molar-refractivity contribution in [2.75, 3.05) is 40.0 Å². The van der Waals surface area contributed by atoms with Gasteiger partial charge in [-0.05, 0) is 69.1 Å². The summed E-state index contributed by atoms with van der Waals surface area (Å²) in [4.78, 5) is 22.5. The number of rotatable bonds is 13. The topological polar surface area (TPSA) is 92.5 Å². The number of nitrogens with one attached hydrogen (secondary N) is 1. The molecule has 0 amide bonds. The predicted molar refractivity (Wildman–Crippen MR) is 170 cm³/mol. The van der Waals surface area contributed by atoms with E-state index in [-0.39, 0.29) is 18.0 Å². The Kier molecular flexibility index (Phi) is 13.6. The van der Waals surface area contributed by atoms with E-state index in [1.807, 2.05) is 91.0 Å². The lowest BCUT2D eigenvalue weighted by molar-refractivity contribution is -0.894. The number of ether oxygens (including phenoxy) is 3. The Morgan fingerprint density at radius 3 is 1.40 bits per heavy atom. The second kappa shape index (κ2) is 16.6. The standard InChI is InChI=1S/C29H35O6P.C6H15N/c1-33-29(34-2,27-20-18-23(19-21-27)22-36(30,31)32)35-28(24-12-6-3-7-13-24,25-14-8-4-9-15-25)26-16-10-5-11-17-26;1-4-7(5-2)6-3/h3-17,23,27H,18-22H2,1-2H3,(H2,30,31,32);4-6H2,1-3H3. The summed E-state index contributed by atoms with van der Waals surface area (Å²) >= 11 is 0. The second-order valence-electron chi connectivity index (χ2n) is 11.2. The molecule has 1 saturated carbocycles. The molecule has 43 heavy (non-hydrogen) atoms. The normalized spacial score (nSPS) is 18.9. The van der Waals surface area contributed by atoms with Crippen LogP contribution in [0, 0.1) is 11.8 Å². The van der Waals surface area contributed by atoms with Gasteiger partial charge in [0.2, 0.25) is 0 Å². The third-order valence-corrected chi connectivity index (χ3v) is 9.72. The van der Waals surface area contributed by atoms with E-state index in [1.54, 1.807) is 19.1 Å². The van der Waals surface area contributed by atoms with Crippen molar-refractivity contribution in [2.45, 2.75) is 58.0 Å². The second-order valence-corrected chi connectivity index (χ2v) is 12.9. The molecule has 8 heteroatoms. The first-order valence-corrected chi connectivity index (χ1v) is 17.3. The Balaban J connectivity index is 0.000000646. The zero-order valence-electron chi connectivity index (χ0n) is 26.4. The van der Waals surface area contributed by atoms with Crippen LogP contribution < -0.4 is 9.79 Å². The van der Waals surface area contributed by atoms with Gasteiger partial charge in [-0.2, -0.15) is 0 Å². The van der Waals surface area contributed by atoms with Crippen LogP contribution in [0.5, 0.6) is 0 Å². The maximum atomic E-state index is 11.5. The van der Waals surface area contributed by atoms with Crippen LogP contribution in [0.15, 0.2) is 91.0 Å². The molecule has 0 spiro atoms. The summed E-state index contributed by atoms with van der Waals surface area (Å²) in [6.45, 7) is 10.5. The van der Waals surface area contributed by atoms with E-state index in [0.29, 0.717) is 25.7 Å². The molecule has 1 atom stereocenters. The van der Waals surface area contributed by atoms with E-state index in [1.165, 1.54) is 19.6 Å². The SMILES string of the molecule is CC[NH+](CC)CC.COC(OC)(OC(c1ccccc1)(c1ccccc1)c1ccccc1)C1CCC(CP(=O)([O-])O)CC1. The van der Waals surface area contributed by atoms with E-state index in [0.717, 1.165) is 16.7 Å². The maximum absolute atomic E-state index is 11.5. The van der Waals surface area contributed by atoms with Crippen LogP contribution in [0.3, 0.4) is 0 Å². The van der Waals surface area contributed by atoms with Crippen molar-refractivity contribution in [1.29, 1.82) is 0 Å². The summed E-state index contributed by atoms with van der Waals surface area (Å²) in [5.41, 5.74) is 1.76. The van der Waals surface area contributed by atoms with Gasteiger partial charge in [-0.15, -0.1) is 0 Å². The summed E-state index contributed by atoms with van der Waals surface area (Å²) in [5.74, 6) is -1.64. The Morgan fingerprint density at radius 2 is 1.12 bits per heavy atom. The molecule has 0 aliphatic heterocycles. The smallest absolute Gasteiger partial charge is 0.286 e. The minimum Gasteiger partial charge on any atom is -0.779 e. The molecule has 1 aliphatic rings. The summed E-state index contributed by atoms with van der Waals surface area (Å²) < 4.78 is 30.8. The van der Waals surface area contributed by atoms with Crippen LogP contribution >= 0.6 is 7.60 Å². The molecule has 1 unspecified atom stereocenters. The lowest BCUT2D eigenvalue weighted by Gasteiger charge is -2.47. The molecular formula is C35H50NO6P. The number of benzene rings is 3. The maximum Gasteiger partial charge on any atom is 0.286 e. The predicted octanol–water partition coefficient (Wildman–Crippen LogP) is 5.22. The molecule has 1 aliphatic carbocycles. The first-order chi connectivity index (χ1) is 20.7. The van der Waals surface area contributed by atoms with Crippen molar-refractivity contribution in [3.8, 4) is 0 Å². The highest BCUT2D eigenvalue weighted by Gasteiger charge is 2.51. The fraction of sp³-hybridized carbons (Fsp3) is 0.486.